The topological polar surface area (TPSA) is 76.7 Å². The molecule has 2 aromatic rings. The molecule has 5 nitrogen and oxygen atoms in total. The van der Waals surface area contributed by atoms with Gasteiger partial charge in [-0.05, 0) is 30.3 Å². The third kappa shape index (κ3) is 3.99. The van der Waals surface area contributed by atoms with Gasteiger partial charge in [-0.3, -0.25) is 4.79 Å². The second kappa shape index (κ2) is 7.47. The average molecular weight is 318 g/mol. The van der Waals surface area contributed by atoms with Gasteiger partial charge in [-0.25, -0.2) is 4.99 Å². The Morgan fingerprint density at radius 3 is 2.77 bits per heavy atom. The highest BCUT2D eigenvalue weighted by atomic mass is 35.5. The summed E-state index contributed by atoms with van der Waals surface area (Å²) in [5.41, 5.74) is 7.29. The van der Waals surface area contributed by atoms with Crippen LogP contribution in [0.15, 0.2) is 53.5 Å². The van der Waals surface area contributed by atoms with Crippen LogP contribution < -0.4 is 15.8 Å². The van der Waals surface area contributed by atoms with E-state index in [9.17, 15) is 4.79 Å². The molecule has 22 heavy (non-hydrogen) atoms. The molecule has 0 radical (unpaired) electrons. The molecule has 2 rings (SSSR count). The SMILES string of the molecule is COc1ccccc1C(=O)Nc1cccc(N=C(N)CCl)c1. The molecule has 0 saturated heterocycles. The van der Waals surface area contributed by atoms with Crippen molar-refractivity contribution in [2.75, 3.05) is 18.3 Å². The maximum Gasteiger partial charge on any atom is 0.259 e. The number of aliphatic imine (C=N–C) groups is 1. The fourth-order valence-electron chi connectivity index (χ4n) is 1.88. The zero-order valence-electron chi connectivity index (χ0n) is 12.0. The first-order chi connectivity index (χ1) is 10.6. The van der Waals surface area contributed by atoms with E-state index in [0.29, 0.717) is 28.5 Å². The lowest BCUT2D eigenvalue weighted by Crippen LogP contribution is -2.13. The fraction of sp³-hybridized carbons (Fsp3) is 0.125. The predicted octanol–water partition coefficient (Wildman–Crippen LogP) is 3.18. The first-order valence-corrected chi connectivity index (χ1v) is 7.11. The van der Waals surface area contributed by atoms with Crippen molar-refractivity contribution in [3.63, 3.8) is 0 Å². The number of rotatable bonds is 5. The van der Waals surface area contributed by atoms with Crippen molar-refractivity contribution in [2.24, 2.45) is 10.7 Å². The summed E-state index contributed by atoms with van der Waals surface area (Å²) in [6.07, 6.45) is 0. The van der Waals surface area contributed by atoms with Crippen LogP contribution in [0.4, 0.5) is 11.4 Å². The molecular weight excluding hydrogens is 302 g/mol. The van der Waals surface area contributed by atoms with E-state index in [4.69, 9.17) is 22.1 Å². The quantitative estimate of drug-likeness (QED) is 0.505. The summed E-state index contributed by atoms with van der Waals surface area (Å²) in [5.74, 6) is 0.719. The molecule has 0 bridgehead atoms. The Morgan fingerprint density at radius 2 is 2.05 bits per heavy atom. The first kappa shape index (κ1) is 15.9. The number of halogens is 1. The number of nitrogens with zero attached hydrogens (tertiary/aromatic N) is 1. The number of hydrogen-bond donors (Lipinski definition) is 2. The normalized spacial score (nSPS) is 11.1. The molecule has 0 spiro atoms. The minimum Gasteiger partial charge on any atom is -0.496 e. The van der Waals surface area contributed by atoms with E-state index in [2.05, 4.69) is 10.3 Å². The number of carbonyl (C=O) groups excluding carboxylic acids is 1. The van der Waals surface area contributed by atoms with Crippen molar-refractivity contribution in [2.45, 2.75) is 0 Å². The average Bonchev–Trinajstić information content (AvgIpc) is 2.55. The summed E-state index contributed by atoms with van der Waals surface area (Å²) in [5, 5.41) is 2.80. The number of amides is 1. The first-order valence-electron chi connectivity index (χ1n) is 6.57. The third-order valence-electron chi connectivity index (χ3n) is 2.87. The largest absolute Gasteiger partial charge is 0.496 e. The lowest BCUT2D eigenvalue weighted by Gasteiger charge is -2.09. The molecule has 0 atom stereocenters. The maximum atomic E-state index is 12.3. The van der Waals surface area contributed by atoms with E-state index in [1.165, 1.54) is 7.11 Å². The minimum absolute atomic E-state index is 0.151. The van der Waals surface area contributed by atoms with Crippen LogP contribution in [-0.2, 0) is 0 Å². The summed E-state index contributed by atoms with van der Waals surface area (Å²) < 4.78 is 5.18. The van der Waals surface area contributed by atoms with Gasteiger partial charge in [0.05, 0.1) is 24.2 Å². The van der Waals surface area contributed by atoms with Gasteiger partial charge >= 0.3 is 0 Å². The number of para-hydroxylation sites is 1. The number of carbonyl (C=O) groups is 1. The van der Waals surface area contributed by atoms with Gasteiger partial charge < -0.3 is 15.8 Å². The second-order valence-corrected chi connectivity index (χ2v) is 4.71. The summed E-state index contributed by atoms with van der Waals surface area (Å²) >= 11 is 5.60. The van der Waals surface area contributed by atoms with E-state index in [-0.39, 0.29) is 11.8 Å². The number of ether oxygens (including phenoxy) is 1. The number of methoxy groups -OCH3 is 1. The monoisotopic (exact) mass is 317 g/mol. The van der Waals surface area contributed by atoms with Crippen molar-refractivity contribution in [1.29, 1.82) is 0 Å². The molecule has 6 heteroatoms. The van der Waals surface area contributed by atoms with E-state index < -0.39 is 0 Å². The minimum atomic E-state index is -0.260. The molecule has 114 valence electrons. The summed E-state index contributed by atoms with van der Waals surface area (Å²) in [6.45, 7) is 0. The maximum absolute atomic E-state index is 12.3. The Labute approximate surface area is 133 Å². The smallest absolute Gasteiger partial charge is 0.259 e. The molecule has 2 aromatic carbocycles. The lowest BCUT2D eigenvalue weighted by atomic mass is 10.2. The van der Waals surface area contributed by atoms with Crippen LogP contribution in [0.3, 0.4) is 0 Å². The number of nitrogens with one attached hydrogen (secondary N) is 1. The number of anilines is 1. The van der Waals surface area contributed by atoms with Gasteiger partial charge in [0.15, 0.2) is 0 Å². The van der Waals surface area contributed by atoms with Crippen molar-refractivity contribution in [3.8, 4) is 5.75 Å². The molecule has 3 N–H and O–H groups in total. The molecule has 0 unspecified atom stereocenters. The van der Waals surface area contributed by atoms with Gasteiger partial charge in [0.25, 0.3) is 5.91 Å². The Kier molecular flexibility index (Phi) is 5.38. The summed E-state index contributed by atoms with van der Waals surface area (Å²) in [6, 6.07) is 14.0. The third-order valence-corrected chi connectivity index (χ3v) is 3.14. The number of alkyl halides is 1. The standard InChI is InChI=1S/C16H16ClN3O2/c1-22-14-8-3-2-7-13(14)16(21)20-12-6-4-5-11(9-12)19-15(18)10-17/h2-9H,10H2,1H3,(H2,18,19)(H,20,21). The summed E-state index contributed by atoms with van der Waals surface area (Å²) in [4.78, 5) is 16.4. The Hall–Kier alpha value is -2.53. The van der Waals surface area contributed by atoms with Crippen molar-refractivity contribution in [1.82, 2.24) is 0 Å². The molecule has 0 aliphatic carbocycles. The van der Waals surface area contributed by atoms with Crippen LogP contribution in [-0.4, -0.2) is 24.7 Å². The summed E-state index contributed by atoms with van der Waals surface area (Å²) in [7, 11) is 1.52. The molecule has 0 saturated carbocycles. The van der Waals surface area contributed by atoms with Crippen molar-refractivity contribution >= 4 is 34.7 Å². The highest BCUT2D eigenvalue weighted by Crippen LogP contribution is 2.21. The zero-order valence-corrected chi connectivity index (χ0v) is 12.8. The molecule has 0 aliphatic rings. The van der Waals surface area contributed by atoms with Crippen molar-refractivity contribution < 1.29 is 9.53 Å². The fourth-order valence-corrected chi connectivity index (χ4v) is 1.94. The Balaban J connectivity index is 2.20. The van der Waals surface area contributed by atoms with Gasteiger partial charge in [0, 0.05) is 5.69 Å². The van der Waals surface area contributed by atoms with Crippen LogP contribution in [0.1, 0.15) is 10.4 Å². The van der Waals surface area contributed by atoms with E-state index in [0.717, 1.165) is 0 Å². The predicted molar refractivity (Wildman–Crippen MR) is 89.4 cm³/mol. The number of hydrogen-bond acceptors (Lipinski definition) is 3. The second-order valence-electron chi connectivity index (χ2n) is 4.44. The van der Waals surface area contributed by atoms with Gasteiger partial charge in [0.1, 0.15) is 11.6 Å². The molecule has 0 aromatic heterocycles. The van der Waals surface area contributed by atoms with Crippen molar-refractivity contribution in [3.05, 3.63) is 54.1 Å². The van der Waals surface area contributed by atoms with Crippen LogP contribution in [0, 0.1) is 0 Å². The molecule has 1 amide bonds. The number of benzene rings is 2. The van der Waals surface area contributed by atoms with Crippen LogP contribution in [0.25, 0.3) is 0 Å². The number of amidine groups is 1. The van der Waals surface area contributed by atoms with Gasteiger partial charge in [-0.1, -0.05) is 18.2 Å². The molecule has 0 fully saturated rings. The molecule has 0 aliphatic heterocycles. The lowest BCUT2D eigenvalue weighted by molar-refractivity contribution is 0.102. The van der Waals surface area contributed by atoms with Gasteiger partial charge in [-0.2, -0.15) is 0 Å². The van der Waals surface area contributed by atoms with Gasteiger partial charge in [-0.15, -0.1) is 11.6 Å². The Bertz CT molecular complexity index is 701. The van der Waals surface area contributed by atoms with Crippen LogP contribution in [0.2, 0.25) is 0 Å². The highest BCUT2D eigenvalue weighted by Gasteiger charge is 2.11. The van der Waals surface area contributed by atoms with Crippen LogP contribution >= 0.6 is 11.6 Å². The van der Waals surface area contributed by atoms with Gasteiger partial charge in [0.2, 0.25) is 0 Å². The van der Waals surface area contributed by atoms with E-state index in [1.54, 1.807) is 48.5 Å². The van der Waals surface area contributed by atoms with Crippen LogP contribution in [0.5, 0.6) is 5.75 Å². The van der Waals surface area contributed by atoms with E-state index >= 15 is 0 Å². The Morgan fingerprint density at radius 1 is 1.27 bits per heavy atom. The molecular formula is C16H16ClN3O2. The highest BCUT2D eigenvalue weighted by molar-refractivity contribution is 6.28. The zero-order chi connectivity index (χ0) is 15.9. The van der Waals surface area contributed by atoms with E-state index in [1.807, 2.05) is 0 Å². The number of nitrogens with two attached hydrogens (primary N) is 1. The molecule has 0 heterocycles.